The van der Waals surface area contributed by atoms with Gasteiger partial charge in [-0.05, 0) is 55.7 Å². The van der Waals surface area contributed by atoms with Crippen molar-refractivity contribution in [3.63, 3.8) is 0 Å². The summed E-state index contributed by atoms with van der Waals surface area (Å²) >= 11 is 0. The number of esters is 1. The Morgan fingerprint density at radius 1 is 1.12 bits per heavy atom. The zero-order chi connectivity index (χ0) is 18.3. The molecule has 138 valence electrons. The van der Waals surface area contributed by atoms with Crippen molar-refractivity contribution < 1.29 is 19.1 Å². The molecule has 1 aliphatic heterocycles. The molecule has 5 nitrogen and oxygen atoms in total. The van der Waals surface area contributed by atoms with Gasteiger partial charge in [0.1, 0.15) is 0 Å². The Bertz CT molecular complexity index is 715. The number of carbonyl (C=O) groups excluding carboxylic acids is 3. The van der Waals surface area contributed by atoms with Crippen LogP contribution in [0.5, 0.6) is 0 Å². The van der Waals surface area contributed by atoms with Crippen molar-refractivity contribution in [2.75, 3.05) is 11.5 Å². The summed E-state index contributed by atoms with van der Waals surface area (Å²) in [7, 11) is 0. The van der Waals surface area contributed by atoms with Crippen molar-refractivity contribution in [3.8, 4) is 0 Å². The highest BCUT2D eigenvalue weighted by Crippen LogP contribution is 2.56. The first-order valence-corrected chi connectivity index (χ1v) is 9.76. The monoisotopic (exact) mass is 355 g/mol. The van der Waals surface area contributed by atoms with Crippen LogP contribution in [-0.4, -0.2) is 24.4 Å². The van der Waals surface area contributed by atoms with Gasteiger partial charge in [-0.25, -0.2) is 4.79 Å². The van der Waals surface area contributed by atoms with Gasteiger partial charge in [0.05, 0.1) is 29.7 Å². The lowest BCUT2D eigenvalue weighted by atomic mass is 9.81. The third-order valence-electron chi connectivity index (χ3n) is 6.25. The van der Waals surface area contributed by atoms with E-state index in [9.17, 15) is 14.4 Å². The first-order chi connectivity index (χ1) is 12.6. The highest BCUT2D eigenvalue weighted by atomic mass is 16.5. The zero-order valence-electron chi connectivity index (χ0n) is 15.1. The second kappa shape index (κ2) is 6.86. The Morgan fingerprint density at radius 3 is 2.46 bits per heavy atom. The van der Waals surface area contributed by atoms with Crippen molar-refractivity contribution in [3.05, 3.63) is 29.8 Å². The molecule has 2 saturated carbocycles. The number of hydrogen-bond donors (Lipinski definition) is 0. The molecule has 2 bridgehead atoms. The number of anilines is 1. The maximum absolute atomic E-state index is 12.9. The van der Waals surface area contributed by atoms with Gasteiger partial charge in [-0.3, -0.25) is 14.5 Å². The van der Waals surface area contributed by atoms with E-state index in [1.54, 1.807) is 24.3 Å². The third kappa shape index (κ3) is 2.74. The molecule has 1 aromatic carbocycles. The molecule has 2 amide bonds. The average molecular weight is 355 g/mol. The number of ether oxygens (including phenoxy) is 1. The maximum atomic E-state index is 12.9. The van der Waals surface area contributed by atoms with E-state index in [1.165, 1.54) is 4.90 Å². The van der Waals surface area contributed by atoms with Crippen LogP contribution in [0.4, 0.5) is 5.69 Å². The molecule has 0 N–H and O–H groups in total. The van der Waals surface area contributed by atoms with Crippen LogP contribution in [0, 0.1) is 23.7 Å². The Labute approximate surface area is 153 Å². The SMILES string of the molecule is CCCCCOC(=O)c1cccc(N2C(=O)[C@@H]3[C@H]4CC[C@@H](C4)[C@H]3C2=O)c1. The molecular weight excluding hydrogens is 330 g/mol. The molecule has 1 heterocycles. The lowest BCUT2D eigenvalue weighted by molar-refractivity contribution is -0.123. The van der Waals surface area contributed by atoms with Crippen LogP contribution in [0.15, 0.2) is 24.3 Å². The fourth-order valence-electron chi connectivity index (χ4n) is 5.04. The van der Waals surface area contributed by atoms with Crippen LogP contribution in [0.1, 0.15) is 55.8 Å². The number of imide groups is 1. The minimum Gasteiger partial charge on any atom is -0.462 e. The van der Waals surface area contributed by atoms with Gasteiger partial charge in [0.15, 0.2) is 0 Å². The van der Waals surface area contributed by atoms with Crippen molar-refractivity contribution in [2.45, 2.75) is 45.4 Å². The molecule has 4 atom stereocenters. The molecule has 4 rings (SSSR count). The summed E-state index contributed by atoms with van der Waals surface area (Å²) in [4.78, 5) is 39.4. The van der Waals surface area contributed by atoms with Gasteiger partial charge in [-0.15, -0.1) is 0 Å². The fourth-order valence-corrected chi connectivity index (χ4v) is 5.04. The van der Waals surface area contributed by atoms with Crippen molar-refractivity contribution >= 4 is 23.5 Å². The largest absolute Gasteiger partial charge is 0.462 e. The molecule has 3 aliphatic rings. The zero-order valence-corrected chi connectivity index (χ0v) is 15.1. The lowest BCUT2D eigenvalue weighted by Crippen LogP contribution is -2.32. The number of amides is 2. The van der Waals surface area contributed by atoms with Crippen LogP contribution in [0.2, 0.25) is 0 Å². The number of fused-ring (bicyclic) bond motifs is 5. The van der Waals surface area contributed by atoms with Crippen LogP contribution in [-0.2, 0) is 14.3 Å². The number of rotatable bonds is 6. The number of benzene rings is 1. The normalized spacial score (nSPS) is 29.3. The number of nitrogens with zero attached hydrogens (tertiary/aromatic N) is 1. The topological polar surface area (TPSA) is 63.7 Å². The maximum Gasteiger partial charge on any atom is 0.338 e. The van der Waals surface area contributed by atoms with E-state index < -0.39 is 5.97 Å². The second-order valence-electron chi connectivity index (χ2n) is 7.79. The number of unbranched alkanes of at least 4 members (excludes halogenated alkanes) is 2. The van der Waals surface area contributed by atoms with E-state index >= 15 is 0 Å². The smallest absolute Gasteiger partial charge is 0.338 e. The second-order valence-corrected chi connectivity index (χ2v) is 7.79. The lowest BCUT2D eigenvalue weighted by Gasteiger charge is -2.19. The van der Waals surface area contributed by atoms with Gasteiger partial charge in [-0.1, -0.05) is 25.8 Å². The van der Waals surface area contributed by atoms with E-state index in [4.69, 9.17) is 4.74 Å². The molecule has 1 aromatic rings. The van der Waals surface area contributed by atoms with Crippen LogP contribution < -0.4 is 4.90 Å². The van der Waals surface area contributed by atoms with Gasteiger partial charge in [0.2, 0.25) is 11.8 Å². The predicted octanol–water partition coefficient (Wildman–Crippen LogP) is 3.57. The predicted molar refractivity (Wildman–Crippen MR) is 96.6 cm³/mol. The number of carbonyl (C=O) groups is 3. The van der Waals surface area contributed by atoms with E-state index in [0.29, 0.717) is 29.7 Å². The summed E-state index contributed by atoms with van der Waals surface area (Å²) in [6, 6.07) is 6.72. The molecule has 0 aromatic heterocycles. The van der Waals surface area contributed by atoms with E-state index in [-0.39, 0.29) is 23.7 Å². The highest BCUT2D eigenvalue weighted by Gasteiger charge is 2.61. The molecule has 0 radical (unpaired) electrons. The number of hydrogen-bond acceptors (Lipinski definition) is 4. The summed E-state index contributed by atoms with van der Waals surface area (Å²) in [5.74, 6) is -0.142. The average Bonchev–Trinajstić information content (AvgIpc) is 3.32. The molecule has 5 heteroatoms. The Balaban J connectivity index is 1.51. The highest BCUT2D eigenvalue weighted by molar-refractivity contribution is 6.22. The molecular formula is C21H25NO4. The van der Waals surface area contributed by atoms with Crippen molar-refractivity contribution in [1.29, 1.82) is 0 Å². The first kappa shape index (κ1) is 17.3. The summed E-state index contributed by atoms with van der Waals surface area (Å²) in [5, 5.41) is 0. The molecule has 0 spiro atoms. The van der Waals surface area contributed by atoms with Gasteiger partial charge in [0.25, 0.3) is 0 Å². The van der Waals surface area contributed by atoms with Gasteiger partial charge in [-0.2, -0.15) is 0 Å². The first-order valence-electron chi connectivity index (χ1n) is 9.76. The standard InChI is InChI=1S/C21H25NO4/c1-2-3-4-10-26-21(25)15-6-5-7-16(12-15)22-19(23)17-13-8-9-14(11-13)18(17)20(22)24/h5-7,12-14,17-18H,2-4,8-11H2,1H3/t13-,14-,17+,18+/m0/s1. The molecule has 2 aliphatic carbocycles. The quantitative estimate of drug-likeness (QED) is 0.445. The van der Waals surface area contributed by atoms with Crippen molar-refractivity contribution in [2.24, 2.45) is 23.7 Å². The molecule has 0 unspecified atom stereocenters. The molecule has 26 heavy (non-hydrogen) atoms. The minimum absolute atomic E-state index is 0.0827. The van der Waals surface area contributed by atoms with Crippen LogP contribution in [0.25, 0.3) is 0 Å². The van der Waals surface area contributed by atoms with Crippen LogP contribution >= 0.6 is 0 Å². The Hall–Kier alpha value is -2.17. The summed E-state index contributed by atoms with van der Waals surface area (Å²) < 4.78 is 5.29. The van der Waals surface area contributed by atoms with Gasteiger partial charge in [0, 0.05) is 0 Å². The Morgan fingerprint density at radius 2 is 1.81 bits per heavy atom. The summed E-state index contributed by atoms with van der Waals surface area (Å²) in [6.07, 6.45) is 6.07. The van der Waals surface area contributed by atoms with Crippen LogP contribution in [0.3, 0.4) is 0 Å². The summed E-state index contributed by atoms with van der Waals surface area (Å²) in [6.45, 7) is 2.49. The van der Waals surface area contributed by atoms with E-state index in [2.05, 4.69) is 6.92 Å². The van der Waals surface area contributed by atoms with Crippen molar-refractivity contribution in [1.82, 2.24) is 0 Å². The van der Waals surface area contributed by atoms with Gasteiger partial charge < -0.3 is 4.74 Å². The van der Waals surface area contributed by atoms with Gasteiger partial charge >= 0.3 is 5.97 Å². The molecule has 3 fully saturated rings. The third-order valence-corrected chi connectivity index (χ3v) is 6.25. The fraction of sp³-hybridized carbons (Fsp3) is 0.571. The summed E-state index contributed by atoms with van der Waals surface area (Å²) in [5.41, 5.74) is 0.886. The van der Waals surface area contributed by atoms with E-state index in [1.807, 2.05) is 0 Å². The van der Waals surface area contributed by atoms with E-state index in [0.717, 1.165) is 38.5 Å². The molecule has 1 saturated heterocycles. The minimum atomic E-state index is -0.401. The Kier molecular flexibility index (Phi) is 4.55.